The van der Waals surface area contributed by atoms with Crippen molar-refractivity contribution in [3.05, 3.63) is 42.2 Å². The van der Waals surface area contributed by atoms with Gasteiger partial charge in [0.05, 0.1) is 24.3 Å². The fourth-order valence-electron chi connectivity index (χ4n) is 2.87. The van der Waals surface area contributed by atoms with Gasteiger partial charge in [-0.05, 0) is 6.92 Å². The number of halogens is 2. The fraction of sp³-hybridized carbons (Fsp3) is 0.375. The van der Waals surface area contributed by atoms with Crippen LogP contribution in [0, 0.1) is 11.6 Å². The van der Waals surface area contributed by atoms with Gasteiger partial charge < -0.3 is 14.9 Å². The number of nitrogens with zero attached hydrogens (tertiary/aromatic N) is 5. The number of hydrogen-bond acceptors (Lipinski definition) is 8. The summed E-state index contributed by atoms with van der Waals surface area (Å²) in [5.41, 5.74) is 0.944. The van der Waals surface area contributed by atoms with Crippen LogP contribution in [0.4, 0.5) is 8.78 Å². The van der Waals surface area contributed by atoms with E-state index in [9.17, 15) is 19.0 Å². The van der Waals surface area contributed by atoms with E-state index in [2.05, 4.69) is 19.9 Å². The molecule has 0 radical (unpaired) electrons. The summed E-state index contributed by atoms with van der Waals surface area (Å²) in [5, 5.41) is 20.6. The summed E-state index contributed by atoms with van der Waals surface area (Å²) in [5.74, 6) is -1.34. The molecule has 1 aliphatic rings. The van der Waals surface area contributed by atoms with Gasteiger partial charge in [0, 0.05) is 11.8 Å². The zero-order valence-electron chi connectivity index (χ0n) is 14.0. The Kier molecular flexibility index (Phi) is 4.76. The maximum atomic E-state index is 13.8. The second kappa shape index (κ2) is 7.08. The molecule has 0 aromatic carbocycles. The number of thioether (sulfide) groups is 1. The highest BCUT2D eigenvalue weighted by atomic mass is 32.2. The maximum absolute atomic E-state index is 13.8. The molecule has 3 aromatic rings. The Morgan fingerprint density at radius 1 is 1.19 bits per heavy atom. The summed E-state index contributed by atoms with van der Waals surface area (Å²) in [4.78, 5) is 16.3. The van der Waals surface area contributed by atoms with Crippen molar-refractivity contribution in [3.63, 3.8) is 0 Å². The monoisotopic (exact) mass is 395 g/mol. The Morgan fingerprint density at radius 3 is 2.70 bits per heavy atom. The fourth-order valence-corrected chi connectivity index (χ4v) is 3.75. The van der Waals surface area contributed by atoms with Crippen molar-refractivity contribution < 1.29 is 23.7 Å². The van der Waals surface area contributed by atoms with E-state index in [4.69, 9.17) is 4.74 Å². The molecule has 1 fully saturated rings. The zero-order chi connectivity index (χ0) is 19.1. The van der Waals surface area contributed by atoms with Crippen molar-refractivity contribution in [1.82, 2.24) is 24.5 Å². The summed E-state index contributed by atoms with van der Waals surface area (Å²) in [7, 11) is 0. The first-order valence-corrected chi connectivity index (χ1v) is 9.06. The van der Waals surface area contributed by atoms with E-state index in [0.717, 1.165) is 12.3 Å². The minimum absolute atomic E-state index is 0.0964. The summed E-state index contributed by atoms with van der Waals surface area (Å²) < 4.78 is 33.8. The molecule has 2 N–H and O–H groups in total. The molecule has 142 valence electrons. The molecule has 4 heterocycles. The Hall–Kier alpha value is -2.21. The third-order valence-electron chi connectivity index (χ3n) is 4.31. The smallest absolute Gasteiger partial charge is 0.166 e. The second-order valence-electron chi connectivity index (χ2n) is 6.09. The molecule has 11 heteroatoms. The summed E-state index contributed by atoms with van der Waals surface area (Å²) in [6.07, 6.45) is 0.206. The minimum Gasteiger partial charge on any atom is -0.388 e. The van der Waals surface area contributed by atoms with Gasteiger partial charge in [0.15, 0.2) is 11.9 Å². The molecule has 27 heavy (non-hydrogen) atoms. The molecule has 1 aliphatic heterocycles. The van der Waals surface area contributed by atoms with E-state index in [-0.39, 0.29) is 11.4 Å². The molecular weight excluding hydrogens is 380 g/mol. The van der Waals surface area contributed by atoms with E-state index >= 15 is 0 Å². The minimum atomic E-state index is -1.12. The molecule has 8 nitrogen and oxygen atoms in total. The molecule has 1 saturated heterocycles. The average molecular weight is 395 g/mol. The van der Waals surface area contributed by atoms with Crippen LogP contribution >= 0.6 is 11.8 Å². The number of aliphatic hydroxyl groups excluding tert-OH is 2. The van der Waals surface area contributed by atoms with Crippen LogP contribution in [0.5, 0.6) is 0 Å². The number of imidazole rings is 1. The predicted molar refractivity (Wildman–Crippen MR) is 90.6 cm³/mol. The van der Waals surface area contributed by atoms with Crippen molar-refractivity contribution in [2.24, 2.45) is 0 Å². The van der Waals surface area contributed by atoms with Crippen molar-refractivity contribution in [2.45, 2.75) is 42.2 Å². The molecule has 0 bridgehead atoms. The summed E-state index contributed by atoms with van der Waals surface area (Å²) >= 11 is 1.18. The second-order valence-corrected chi connectivity index (χ2v) is 7.05. The van der Waals surface area contributed by atoms with Gasteiger partial charge in [-0.1, -0.05) is 11.8 Å². The lowest BCUT2D eigenvalue weighted by molar-refractivity contribution is -0.0299. The van der Waals surface area contributed by atoms with Crippen LogP contribution in [0.15, 0.2) is 29.9 Å². The van der Waals surface area contributed by atoms with E-state index in [1.165, 1.54) is 29.0 Å². The number of aromatic nitrogens is 5. The molecular formula is C16H15F2N5O3S. The highest BCUT2D eigenvalue weighted by Crippen LogP contribution is 2.33. The molecule has 0 amide bonds. The van der Waals surface area contributed by atoms with Crippen molar-refractivity contribution in [1.29, 1.82) is 0 Å². The average Bonchev–Trinajstić information content (AvgIpc) is 3.18. The van der Waals surface area contributed by atoms with E-state index in [1.807, 2.05) is 0 Å². The number of aliphatic hydroxyl groups is 2. The third kappa shape index (κ3) is 3.27. The Labute approximate surface area is 156 Å². The van der Waals surface area contributed by atoms with E-state index < -0.39 is 36.2 Å². The number of pyridine rings is 1. The van der Waals surface area contributed by atoms with Crippen LogP contribution in [0.3, 0.4) is 0 Å². The predicted octanol–water partition coefficient (Wildman–Crippen LogP) is 1.43. The van der Waals surface area contributed by atoms with Crippen LogP contribution in [0.2, 0.25) is 0 Å². The largest absolute Gasteiger partial charge is 0.388 e. The molecule has 3 aromatic heterocycles. The topological polar surface area (TPSA) is 106 Å². The first-order valence-electron chi connectivity index (χ1n) is 8.07. The highest BCUT2D eigenvalue weighted by molar-refractivity contribution is 7.98. The van der Waals surface area contributed by atoms with Crippen molar-refractivity contribution >= 4 is 22.9 Å². The van der Waals surface area contributed by atoms with Crippen LogP contribution in [-0.2, 0) is 10.5 Å². The normalized spacial score (nSPS) is 25.4. The number of ether oxygens (including phenoxy) is 1. The Morgan fingerprint density at radius 2 is 2.00 bits per heavy atom. The van der Waals surface area contributed by atoms with Crippen LogP contribution < -0.4 is 0 Å². The number of hydrogen-bond donors (Lipinski definition) is 2. The van der Waals surface area contributed by atoms with Gasteiger partial charge in [0.2, 0.25) is 0 Å². The number of rotatable bonds is 4. The van der Waals surface area contributed by atoms with Gasteiger partial charge in [-0.2, -0.15) is 0 Å². The Bertz CT molecular complexity index is 988. The van der Waals surface area contributed by atoms with Crippen molar-refractivity contribution in [2.75, 3.05) is 0 Å². The first kappa shape index (κ1) is 18.2. The molecule has 4 atom stereocenters. The zero-order valence-corrected chi connectivity index (χ0v) is 14.8. The summed E-state index contributed by atoms with van der Waals surface area (Å²) in [6.45, 7) is 1.66. The van der Waals surface area contributed by atoms with Crippen LogP contribution in [0.1, 0.15) is 18.8 Å². The van der Waals surface area contributed by atoms with E-state index in [0.29, 0.717) is 16.2 Å². The standard InChI is InChI=1S/C16H15F2N5O3S/c1-7-12(24)13(25)16(26-7)23-6-22-11-14(23)20-5-21-15(11)27-4-10-9(18)2-8(17)3-19-10/h2-3,5-7,12-13,16,24-25H,4H2,1H3/t7-,12-,13-,16-/m1/s1. The lowest BCUT2D eigenvalue weighted by atomic mass is 10.1. The SMILES string of the molecule is C[C@H]1O[C@@H](n2cnc3c(SCc4ncc(F)cc4F)ncnc32)[C@H](O)[C@@H]1O. The number of fused-ring (bicyclic) bond motifs is 1. The van der Waals surface area contributed by atoms with Gasteiger partial charge in [-0.25, -0.2) is 23.7 Å². The van der Waals surface area contributed by atoms with Gasteiger partial charge in [-0.3, -0.25) is 9.55 Å². The van der Waals surface area contributed by atoms with Crippen LogP contribution in [-0.4, -0.2) is 53.0 Å². The first-order chi connectivity index (χ1) is 13.0. The van der Waals surface area contributed by atoms with Crippen molar-refractivity contribution in [3.8, 4) is 0 Å². The molecule has 0 spiro atoms. The van der Waals surface area contributed by atoms with Crippen LogP contribution in [0.25, 0.3) is 11.2 Å². The molecule has 0 unspecified atom stereocenters. The van der Waals surface area contributed by atoms with Gasteiger partial charge in [0.1, 0.15) is 40.7 Å². The summed E-state index contributed by atoms with van der Waals surface area (Å²) in [6, 6.07) is 0.776. The third-order valence-corrected chi connectivity index (χ3v) is 5.30. The quantitative estimate of drug-likeness (QED) is 0.505. The van der Waals surface area contributed by atoms with E-state index in [1.54, 1.807) is 6.92 Å². The molecule has 0 saturated carbocycles. The maximum Gasteiger partial charge on any atom is 0.166 e. The van der Waals surface area contributed by atoms with Gasteiger partial charge in [0.25, 0.3) is 0 Å². The lowest BCUT2D eigenvalue weighted by Crippen LogP contribution is -2.30. The highest BCUT2D eigenvalue weighted by Gasteiger charge is 2.42. The Balaban J connectivity index is 1.61. The lowest BCUT2D eigenvalue weighted by Gasteiger charge is -2.16. The molecule has 4 rings (SSSR count). The van der Waals surface area contributed by atoms with Gasteiger partial charge >= 0.3 is 0 Å². The van der Waals surface area contributed by atoms with Gasteiger partial charge in [-0.15, -0.1) is 0 Å². The molecule has 0 aliphatic carbocycles.